The van der Waals surface area contributed by atoms with E-state index in [1.54, 1.807) is 30.3 Å². The second kappa shape index (κ2) is 17.9. The molecule has 6 bridgehead atoms. The number of rotatable bonds is 1. The number of carbonyl (C=O) groups excluding carboxylic acids is 4. The summed E-state index contributed by atoms with van der Waals surface area (Å²) in [5.74, 6) is -1.75. The van der Waals surface area contributed by atoms with E-state index < -0.39 is 23.9 Å². The third-order valence-corrected chi connectivity index (χ3v) is 10.1. The number of fused-ring (bicyclic) bond motifs is 19. The van der Waals surface area contributed by atoms with Gasteiger partial charge >= 0.3 is 6.03 Å². The summed E-state index contributed by atoms with van der Waals surface area (Å²) in [5.41, 5.74) is 2.34. The number of nitrogens with zero attached hydrogens (tertiary/aromatic N) is 3. The predicted molar refractivity (Wildman–Crippen MR) is 191 cm³/mol. The second-order valence-corrected chi connectivity index (χ2v) is 14.1. The zero-order chi connectivity index (χ0) is 35.6. The second-order valence-electron chi connectivity index (χ2n) is 13.7. The molecule has 0 spiro atoms. The molecule has 0 saturated carbocycles. The summed E-state index contributed by atoms with van der Waals surface area (Å²) in [5, 5.41) is 10.6. The number of aromatic nitrogens is 2. The van der Waals surface area contributed by atoms with Crippen LogP contribution < -0.4 is 10.6 Å². The molecule has 6 rings (SSSR count). The number of alkyl halides is 1. The maximum Gasteiger partial charge on any atom is 0.319 e. The van der Waals surface area contributed by atoms with Crippen LogP contribution in [0.15, 0.2) is 30.3 Å². The van der Waals surface area contributed by atoms with Crippen molar-refractivity contribution in [2.24, 2.45) is 0 Å². The molecule has 1 fully saturated rings. The smallest absolute Gasteiger partial charge is 0.319 e. The molecule has 9 nitrogen and oxygen atoms in total. The van der Waals surface area contributed by atoms with Gasteiger partial charge in [-0.3, -0.25) is 19.1 Å². The van der Waals surface area contributed by atoms with Crippen LogP contribution in [0.25, 0.3) is 10.9 Å². The van der Waals surface area contributed by atoms with Crippen LogP contribution in [0.3, 0.4) is 0 Å². The molecule has 0 aliphatic carbocycles. The van der Waals surface area contributed by atoms with E-state index in [4.69, 9.17) is 11.6 Å². The summed E-state index contributed by atoms with van der Waals surface area (Å²) < 4.78 is 31.1. The highest BCUT2D eigenvalue weighted by Gasteiger charge is 2.39. The Morgan fingerprint density at radius 3 is 2.28 bits per heavy atom. The first-order chi connectivity index (χ1) is 24.1. The minimum atomic E-state index is -1.38. The van der Waals surface area contributed by atoms with Gasteiger partial charge in [-0.25, -0.2) is 13.6 Å². The van der Waals surface area contributed by atoms with Gasteiger partial charge in [0, 0.05) is 37.4 Å². The fourth-order valence-corrected chi connectivity index (χ4v) is 7.37. The van der Waals surface area contributed by atoms with Crippen molar-refractivity contribution >= 4 is 51.7 Å². The van der Waals surface area contributed by atoms with Crippen molar-refractivity contribution in [3.63, 3.8) is 0 Å². The Kier molecular flexibility index (Phi) is 13.4. The van der Waals surface area contributed by atoms with Crippen LogP contribution in [0.1, 0.15) is 112 Å². The van der Waals surface area contributed by atoms with E-state index in [0.29, 0.717) is 28.7 Å². The molecule has 1 saturated heterocycles. The van der Waals surface area contributed by atoms with Crippen molar-refractivity contribution in [1.29, 1.82) is 0 Å². The Balaban J connectivity index is 1.33. The molecule has 270 valence electrons. The third-order valence-electron chi connectivity index (χ3n) is 9.80. The van der Waals surface area contributed by atoms with Gasteiger partial charge in [0.05, 0.1) is 23.1 Å². The first-order valence-electron chi connectivity index (χ1n) is 18.1. The van der Waals surface area contributed by atoms with Gasteiger partial charge in [0.1, 0.15) is 24.2 Å². The third kappa shape index (κ3) is 9.89. The zero-order valence-corrected chi connectivity index (χ0v) is 29.6. The lowest BCUT2D eigenvalue weighted by atomic mass is 9.98. The van der Waals surface area contributed by atoms with Crippen molar-refractivity contribution in [3.05, 3.63) is 58.0 Å². The van der Waals surface area contributed by atoms with Crippen LogP contribution in [-0.4, -0.2) is 63.5 Å². The van der Waals surface area contributed by atoms with Gasteiger partial charge in [0.15, 0.2) is 11.6 Å². The summed E-state index contributed by atoms with van der Waals surface area (Å²) in [6, 6.07) is 7.04. The number of anilines is 1. The molecule has 50 heavy (non-hydrogen) atoms. The maximum atomic E-state index is 15.0. The van der Waals surface area contributed by atoms with E-state index in [2.05, 4.69) is 15.7 Å². The number of amides is 3. The van der Waals surface area contributed by atoms with E-state index in [9.17, 15) is 23.6 Å². The number of hydrogen-bond donors (Lipinski definition) is 2. The van der Waals surface area contributed by atoms with Crippen LogP contribution >= 0.6 is 11.6 Å². The molecule has 0 unspecified atom stereocenters. The number of halogens is 3. The van der Waals surface area contributed by atoms with Crippen LogP contribution in [0.2, 0.25) is 5.02 Å². The summed E-state index contributed by atoms with van der Waals surface area (Å²) >= 11 is 6.25. The first kappa shape index (κ1) is 37.4. The summed E-state index contributed by atoms with van der Waals surface area (Å²) in [6.45, 7) is 1.36. The SMILES string of the molecule is CC(=O)c1nn2c3ccc(cc13)NC(=O)NCCCCCCCCCCCCCc1cc(Cl)c(F)c(c1)CCC(=O)[C@@H]1C[C@@H](F)CN1C(=O)C2. The van der Waals surface area contributed by atoms with E-state index >= 15 is 4.39 Å². The number of ketones is 2. The number of Topliss-reactive ketones (excluding diaryl/α,β-unsaturated/α-hetero) is 2. The fourth-order valence-electron chi connectivity index (χ4n) is 7.10. The molecule has 12 heteroatoms. The Morgan fingerprint density at radius 2 is 1.58 bits per heavy atom. The van der Waals surface area contributed by atoms with E-state index in [0.717, 1.165) is 50.5 Å². The number of hydrogen-bond acceptors (Lipinski definition) is 5. The monoisotopic (exact) mass is 711 g/mol. The number of nitrogens with one attached hydrogen (secondary N) is 2. The van der Waals surface area contributed by atoms with E-state index in [-0.39, 0.29) is 60.7 Å². The van der Waals surface area contributed by atoms with Gasteiger partial charge in [-0.2, -0.15) is 5.10 Å². The molecular weight excluding hydrogens is 664 g/mol. The van der Waals surface area contributed by atoms with E-state index in [1.165, 1.54) is 48.6 Å². The van der Waals surface area contributed by atoms with Crippen molar-refractivity contribution < 1.29 is 28.0 Å². The van der Waals surface area contributed by atoms with Crippen LogP contribution in [0.4, 0.5) is 19.3 Å². The number of carbonyl (C=O) groups is 4. The number of aryl methyl sites for hydroxylation is 2. The van der Waals surface area contributed by atoms with Gasteiger partial charge in [-0.15, -0.1) is 0 Å². The van der Waals surface area contributed by atoms with Crippen molar-refractivity contribution in [3.8, 4) is 0 Å². The lowest BCUT2D eigenvalue weighted by Gasteiger charge is -2.23. The largest absolute Gasteiger partial charge is 0.338 e. The zero-order valence-electron chi connectivity index (χ0n) is 28.9. The molecule has 3 amide bonds. The molecule has 2 N–H and O–H groups in total. The van der Waals surface area contributed by atoms with Gasteiger partial charge < -0.3 is 15.5 Å². The van der Waals surface area contributed by atoms with Crippen LogP contribution in [0.5, 0.6) is 0 Å². The van der Waals surface area contributed by atoms with Gasteiger partial charge in [0.2, 0.25) is 5.91 Å². The molecular formula is C38H48ClF2N5O4. The summed E-state index contributed by atoms with van der Waals surface area (Å²) in [7, 11) is 0. The van der Waals surface area contributed by atoms with Crippen molar-refractivity contribution in [2.75, 3.05) is 18.4 Å². The Labute approximate surface area is 297 Å². The van der Waals surface area contributed by atoms with Crippen molar-refractivity contribution in [1.82, 2.24) is 20.0 Å². The highest BCUT2D eigenvalue weighted by Crippen LogP contribution is 2.28. The van der Waals surface area contributed by atoms with Gasteiger partial charge in [-0.05, 0) is 61.1 Å². The van der Waals surface area contributed by atoms with Crippen LogP contribution in [-0.2, 0) is 29.0 Å². The maximum absolute atomic E-state index is 15.0. The normalized spacial score (nSPS) is 21.4. The molecule has 4 heterocycles. The number of urea groups is 1. The average Bonchev–Trinajstić information content (AvgIpc) is 3.65. The molecule has 3 aliphatic rings. The molecule has 1 aromatic heterocycles. The molecule has 2 atom stereocenters. The predicted octanol–water partition coefficient (Wildman–Crippen LogP) is 8.14. The Hall–Kier alpha value is -3.86. The summed E-state index contributed by atoms with van der Waals surface area (Å²) in [4.78, 5) is 53.4. The summed E-state index contributed by atoms with van der Waals surface area (Å²) in [6.07, 6.45) is 11.5. The number of benzene rings is 2. The first-order valence-corrected chi connectivity index (χ1v) is 18.5. The topological polar surface area (TPSA) is 113 Å². The lowest BCUT2D eigenvalue weighted by molar-refractivity contribution is -0.138. The molecule has 3 aromatic rings. The molecule has 2 aromatic carbocycles. The van der Waals surface area contributed by atoms with Crippen molar-refractivity contribution in [2.45, 2.75) is 122 Å². The van der Waals surface area contributed by atoms with E-state index in [1.807, 2.05) is 0 Å². The fraction of sp³-hybridized carbons (Fsp3) is 0.553. The highest BCUT2D eigenvalue weighted by molar-refractivity contribution is 6.30. The average molecular weight is 712 g/mol. The Morgan fingerprint density at radius 1 is 0.900 bits per heavy atom. The Bertz CT molecular complexity index is 1700. The lowest BCUT2D eigenvalue weighted by Crippen LogP contribution is -2.42. The van der Waals surface area contributed by atoms with Crippen LogP contribution in [0, 0.1) is 5.82 Å². The minimum absolute atomic E-state index is 0.0233. The quantitative estimate of drug-likeness (QED) is 0.248. The van der Waals surface area contributed by atoms with Gasteiger partial charge in [0.25, 0.3) is 0 Å². The molecule has 3 aliphatic heterocycles. The standard InChI is InChI=1S/C38H48ClF2N5O4/c1-25(47)37-30-22-29-15-16-32(30)46(44-37)24-35(49)45-23-28(40)21-33(45)34(48)17-14-27-19-26(20-31(39)36(27)41)13-11-9-7-5-3-2-4-6-8-10-12-18-42-38(50)43-29/h15-16,19-20,22,28,33H,2-14,17-18,21,23-24H2,1H3,(H2,42,43,50)/t28-,33+/m1/s1. The minimum Gasteiger partial charge on any atom is -0.338 e. The highest BCUT2D eigenvalue weighted by atomic mass is 35.5. The van der Waals surface area contributed by atoms with Gasteiger partial charge in [-0.1, -0.05) is 75.5 Å². The molecule has 0 radical (unpaired) electrons.